The van der Waals surface area contributed by atoms with E-state index in [-0.39, 0.29) is 11.3 Å². The summed E-state index contributed by atoms with van der Waals surface area (Å²) < 4.78 is 34.2. The van der Waals surface area contributed by atoms with Crippen molar-refractivity contribution in [3.05, 3.63) is 24.2 Å². The van der Waals surface area contributed by atoms with Crippen LogP contribution in [0, 0.1) is 5.92 Å². The van der Waals surface area contributed by atoms with E-state index in [4.69, 9.17) is 9.41 Å². The van der Waals surface area contributed by atoms with Crippen LogP contribution >= 0.6 is 0 Å². The van der Waals surface area contributed by atoms with Crippen molar-refractivity contribution in [1.82, 2.24) is 14.9 Å². The van der Waals surface area contributed by atoms with Crippen LogP contribution < -0.4 is 10.0 Å². The standard InChI is InChI=1S/C21H36N4O3S/c1-17(2)15-23-21(22-12-11-19-9-6-14-28-19)25-13-5-10-20(16-25)29(26,27)24-18-7-3-4-8-18/h6,9,14,17-18,20,24H,3-5,7-8,10-13,15-16H2,1-2H3,(H,22,23). The summed E-state index contributed by atoms with van der Waals surface area (Å²) in [5.74, 6) is 2.19. The van der Waals surface area contributed by atoms with Gasteiger partial charge in [-0.2, -0.15) is 0 Å². The van der Waals surface area contributed by atoms with Gasteiger partial charge in [0.25, 0.3) is 0 Å². The van der Waals surface area contributed by atoms with Crippen LogP contribution in [0.1, 0.15) is 58.1 Å². The summed E-state index contributed by atoms with van der Waals surface area (Å²) >= 11 is 0. The predicted molar refractivity (Wildman–Crippen MR) is 116 cm³/mol. The van der Waals surface area contributed by atoms with E-state index in [0.717, 1.165) is 63.3 Å². The highest BCUT2D eigenvalue weighted by Gasteiger charge is 2.34. The van der Waals surface area contributed by atoms with Crippen molar-refractivity contribution in [1.29, 1.82) is 0 Å². The number of nitrogens with zero attached hydrogens (tertiary/aromatic N) is 2. The maximum absolute atomic E-state index is 12.9. The lowest BCUT2D eigenvalue weighted by molar-refractivity contribution is 0.327. The Bertz CT molecular complexity index is 740. The molecule has 1 saturated heterocycles. The fourth-order valence-electron chi connectivity index (χ4n) is 4.05. The van der Waals surface area contributed by atoms with Gasteiger partial charge in [0.05, 0.1) is 11.5 Å². The van der Waals surface area contributed by atoms with E-state index in [1.54, 1.807) is 6.26 Å². The second kappa shape index (κ2) is 10.5. The molecule has 1 aliphatic carbocycles. The molecule has 2 heterocycles. The van der Waals surface area contributed by atoms with Gasteiger partial charge in [0.2, 0.25) is 10.0 Å². The van der Waals surface area contributed by atoms with Crippen molar-refractivity contribution >= 4 is 16.0 Å². The van der Waals surface area contributed by atoms with Crippen LogP contribution in [0.25, 0.3) is 0 Å². The van der Waals surface area contributed by atoms with E-state index in [1.165, 1.54) is 0 Å². The maximum Gasteiger partial charge on any atom is 0.216 e. The molecule has 1 saturated carbocycles. The van der Waals surface area contributed by atoms with Crippen LogP contribution in [0.15, 0.2) is 27.8 Å². The monoisotopic (exact) mass is 424 g/mol. The van der Waals surface area contributed by atoms with Crippen LogP contribution in [0.2, 0.25) is 0 Å². The van der Waals surface area contributed by atoms with Crippen molar-refractivity contribution in [3.63, 3.8) is 0 Å². The second-order valence-electron chi connectivity index (χ2n) is 8.67. The zero-order chi connectivity index (χ0) is 20.7. The molecule has 2 fully saturated rings. The molecule has 0 radical (unpaired) electrons. The van der Waals surface area contributed by atoms with Gasteiger partial charge in [-0.1, -0.05) is 26.7 Å². The van der Waals surface area contributed by atoms with E-state index < -0.39 is 10.0 Å². The van der Waals surface area contributed by atoms with Gasteiger partial charge in [0.15, 0.2) is 5.96 Å². The zero-order valence-corrected chi connectivity index (χ0v) is 18.6. The number of likely N-dealkylation sites (tertiary alicyclic amines) is 1. The van der Waals surface area contributed by atoms with Crippen molar-refractivity contribution < 1.29 is 12.8 Å². The molecule has 1 atom stereocenters. The van der Waals surface area contributed by atoms with Gasteiger partial charge in [0.1, 0.15) is 5.76 Å². The minimum atomic E-state index is -3.31. The van der Waals surface area contributed by atoms with E-state index in [9.17, 15) is 8.42 Å². The number of sulfonamides is 1. The summed E-state index contributed by atoms with van der Waals surface area (Å²) in [6, 6.07) is 3.97. The maximum atomic E-state index is 12.9. The average molecular weight is 425 g/mol. The van der Waals surface area contributed by atoms with Crippen LogP contribution in [0.5, 0.6) is 0 Å². The first kappa shape index (κ1) is 22.2. The Labute approximate surface area is 175 Å². The Morgan fingerprint density at radius 3 is 2.76 bits per heavy atom. The van der Waals surface area contributed by atoms with Crippen LogP contribution in [0.4, 0.5) is 0 Å². The summed E-state index contributed by atoms with van der Waals surface area (Å²) in [5, 5.41) is 3.05. The third-order valence-electron chi connectivity index (χ3n) is 5.64. The third kappa shape index (κ3) is 6.74. The van der Waals surface area contributed by atoms with Crippen molar-refractivity contribution in [2.24, 2.45) is 10.9 Å². The molecule has 0 bridgehead atoms. The molecule has 1 aromatic heterocycles. The third-order valence-corrected chi connectivity index (χ3v) is 7.57. The number of furan rings is 1. The molecule has 7 nitrogen and oxygen atoms in total. The van der Waals surface area contributed by atoms with Gasteiger partial charge in [-0.15, -0.1) is 0 Å². The van der Waals surface area contributed by atoms with Crippen LogP contribution in [0.3, 0.4) is 0 Å². The van der Waals surface area contributed by atoms with Gasteiger partial charge in [-0.05, 0) is 43.7 Å². The Morgan fingerprint density at radius 2 is 2.07 bits per heavy atom. The van der Waals surface area contributed by atoms with Crippen molar-refractivity contribution in [3.8, 4) is 0 Å². The molecule has 0 amide bonds. The molecule has 1 aromatic rings. The smallest absolute Gasteiger partial charge is 0.216 e. The first-order valence-electron chi connectivity index (χ1n) is 11.0. The van der Waals surface area contributed by atoms with Gasteiger partial charge >= 0.3 is 0 Å². The lowest BCUT2D eigenvalue weighted by atomic mass is 10.1. The molecule has 3 rings (SSSR count). The molecule has 1 aliphatic heterocycles. The van der Waals surface area contributed by atoms with Gasteiger partial charge in [-0.3, -0.25) is 4.99 Å². The first-order chi connectivity index (χ1) is 13.9. The topological polar surface area (TPSA) is 86.9 Å². The van der Waals surface area contributed by atoms with Gasteiger partial charge in [0, 0.05) is 38.6 Å². The molecule has 2 N–H and O–H groups in total. The highest BCUT2D eigenvalue weighted by atomic mass is 32.2. The summed E-state index contributed by atoms with van der Waals surface area (Å²) in [6.07, 6.45) is 8.19. The summed E-state index contributed by atoms with van der Waals surface area (Å²) in [5.41, 5.74) is 0. The highest BCUT2D eigenvalue weighted by molar-refractivity contribution is 7.90. The number of nitrogens with one attached hydrogen (secondary N) is 2. The predicted octanol–water partition coefficient (Wildman–Crippen LogP) is 2.75. The Kier molecular flexibility index (Phi) is 8.00. The van der Waals surface area contributed by atoms with E-state index in [1.807, 2.05) is 12.1 Å². The summed E-state index contributed by atoms with van der Waals surface area (Å²) in [4.78, 5) is 6.89. The Balaban J connectivity index is 1.61. The number of piperidine rings is 1. The molecule has 164 valence electrons. The fraction of sp³-hybridized carbons (Fsp3) is 0.762. The van der Waals surface area contributed by atoms with Gasteiger partial charge in [-0.25, -0.2) is 13.1 Å². The lowest BCUT2D eigenvalue weighted by Crippen LogP contribution is -2.53. The second-order valence-corrected chi connectivity index (χ2v) is 10.7. The normalized spacial score (nSPS) is 21.8. The molecule has 0 spiro atoms. The zero-order valence-electron chi connectivity index (χ0n) is 17.8. The number of aliphatic imine (C=N–C) groups is 1. The number of hydrogen-bond acceptors (Lipinski definition) is 4. The fourth-order valence-corrected chi connectivity index (χ4v) is 5.79. The lowest BCUT2D eigenvalue weighted by Gasteiger charge is -2.35. The minimum absolute atomic E-state index is 0.121. The van der Waals surface area contributed by atoms with E-state index in [2.05, 4.69) is 28.8 Å². The molecule has 29 heavy (non-hydrogen) atoms. The molecule has 2 aliphatic rings. The molecular weight excluding hydrogens is 388 g/mol. The largest absolute Gasteiger partial charge is 0.469 e. The molecular formula is C21H36N4O3S. The number of hydrogen-bond donors (Lipinski definition) is 2. The quantitative estimate of drug-likeness (QED) is 0.495. The van der Waals surface area contributed by atoms with Crippen LogP contribution in [-0.4, -0.2) is 56.7 Å². The first-order valence-corrected chi connectivity index (χ1v) is 12.6. The number of guanidine groups is 1. The van der Waals surface area contributed by atoms with Gasteiger partial charge < -0.3 is 14.6 Å². The Morgan fingerprint density at radius 1 is 1.28 bits per heavy atom. The SMILES string of the molecule is CC(C)CN=C(NCCc1ccco1)N1CCCC(S(=O)(=O)NC2CCCC2)C1. The minimum Gasteiger partial charge on any atom is -0.469 e. The highest BCUT2D eigenvalue weighted by Crippen LogP contribution is 2.22. The average Bonchev–Trinajstić information content (AvgIpc) is 3.38. The number of rotatable bonds is 8. The molecule has 8 heteroatoms. The summed E-state index contributed by atoms with van der Waals surface area (Å²) in [7, 11) is -3.31. The van der Waals surface area contributed by atoms with E-state index >= 15 is 0 Å². The van der Waals surface area contributed by atoms with Crippen LogP contribution in [-0.2, 0) is 16.4 Å². The molecule has 0 aromatic carbocycles. The Hall–Kier alpha value is -1.54. The van der Waals surface area contributed by atoms with Crippen molar-refractivity contribution in [2.45, 2.75) is 70.1 Å². The van der Waals surface area contributed by atoms with E-state index in [0.29, 0.717) is 25.4 Å². The summed E-state index contributed by atoms with van der Waals surface area (Å²) in [6.45, 7) is 7.03. The van der Waals surface area contributed by atoms with Crippen molar-refractivity contribution in [2.75, 3.05) is 26.2 Å². The molecule has 1 unspecified atom stereocenters.